The lowest BCUT2D eigenvalue weighted by Gasteiger charge is -2.15. The highest BCUT2D eigenvalue weighted by molar-refractivity contribution is 9.10. The molecule has 0 atom stereocenters. The number of halogens is 6. The van der Waals surface area contributed by atoms with Crippen molar-refractivity contribution in [1.82, 2.24) is 4.98 Å². The van der Waals surface area contributed by atoms with E-state index in [4.69, 9.17) is 0 Å². The van der Waals surface area contributed by atoms with Crippen molar-refractivity contribution in [3.8, 4) is 11.6 Å². The number of hydrogen-bond acceptors (Lipinski definition) is 3. The van der Waals surface area contributed by atoms with E-state index in [9.17, 15) is 22.0 Å². The molecule has 0 amide bonds. The van der Waals surface area contributed by atoms with E-state index in [0.29, 0.717) is 6.20 Å². The van der Waals surface area contributed by atoms with Crippen molar-refractivity contribution in [2.45, 2.75) is 12.8 Å². The van der Waals surface area contributed by atoms with Gasteiger partial charge in [0.15, 0.2) is 0 Å². The summed E-state index contributed by atoms with van der Waals surface area (Å²) in [7, 11) is 1.04. The van der Waals surface area contributed by atoms with Crippen LogP contribution in [0.3, 0.4) is 0 Å². The minimum atomic E-state index is -5.03. The molecule has 0 aliphatic rings. The van der Waals surface area contributed by atoms with Crippen molar-refractivity contribution in [1.29, 1.82) is 0 Å². The highest BCUT2D eigenvalue weighted by Crippen LogP contribution is 2.41. The van der Waals surface area contributed by atoms with Crippen molar-refractivity contribution in [2.24, 2.45) is 0 Å². The van der Waals surface area contributed by atoms with Gasteiger partial charge in [0.2, 0.25) is 5.75 Å². The smallest absolute Gasteiger partial charge is 0.478 e. The maximum atomic E-state index is 12.4. The van der Waals surface area contributed by atoms with E-state index in [0.717, 1.165) is 7.11 Å². The molecule has 0 unspecified atom stereocenters. The maximum absolute atomic E-state index is 12.4. The second-order valence-electron chi connectivity index (χ2n) is 2.71. The number of ether oxygens (including phenoxy) is 2. The van der Waals surface area contributed by atoms with E-state index < -0.39 is 34.5 Å². The van der Waals surface area contributed by atoms with Crippen LogP contribution in [0.2, 0.25) is 0 Å². The molecule has 0 spiro atoms. The van der Waals surface area contributed by atoms with E-state index in [1.54, 1.807) is 0 Å². The molecule has 1 aromatic heterocycles. The number of alkyl halides is 5. The zero-order chi connectivity index (χ0) is 13.2. The van der Waals surface area contributed by atoms with Crippen LogP contribution in [-0.2, 0) is 0 Å². The van der Waals surface area contributed by atoms with Gasteiger partial charge in [-0.05, 0) is 15.9 Å². The van der Waals surface area contributed by atoms with Gasteiger partial charge in [0, 0.05) is 6.20 Å². The molecule has 0 aliphatic carbocycles. The minimum Gasteiger partial charge on any atom is -0.478 e. The molecule has 0 radical (unpaired) electrons. The molecule has 17 heavy (non-hydrogen) atoms. The topological polar surface area (TPSA) is 31.4 Å². The molecule has 1 rings (SSSR count). The lowest BCUT2D eigenvalue weighted by molar-refractivity contribution is -0.275. The number of rotatable bonds is 3. The highest BCUT2D eigenvalue weighted by atomic mass is 79.9. The van der Waals surface area contributed by atoms with E-state index in [-0.39, 0.29) is 0 Å². The normalized spacial score (nSPS) is 11.8. The third-order valence-electron chi connectivity index (χ3n) is 1.61. The average molecular weight is 322 g/mol. The number of pyridine rings is 1. The van der Waals surface area contributed by atoms with Gasteiger partial charge in [-0.3, -0.25) is 0 Å². The molecule has 0 aromatic carbocycles. The van der Waals surface area contributed by atoms with Gasteiger partial charge in [0.25, 0.3) is 12.3 Å². The second kappa shape index (κ2) is 5.03. The second-order valence-corrected chi connectivity index (χ2v) is 3.51. The van der Waals surface area contributed by atoms with Crippen LogP contribution in [0.25, 0.3) is 0 Å². The summed E-state index contributed by atoms with van der Waals surface area (Å²) in [6.07, 6.45) is -7.31. The Morgan fingerprint density at radius 3 is 2.35 bits per heavy atom. The summed E-state index contributed by atoms with van der Waals surface area (Å²) >= 11 is 2.60. The fourth-order valence-corrected chi connectivity index (χ4v) is 1.50. The van der Waals surface area contributed by atoms with Crippen LogP contribution in [0.15, 0.2) is 10.7 Å². The van der Waals surface area contributed by atoms with Crippen LogP contribution in [0.4, 0.5) is 22.0 Å². The molecule has 1 aromatic rings. The van der Waals surface area contributed by atoms with Gasteiger partial charge < -0.3 is 9.47 Å². The largest absolute Gasteiger partial charge is 0.573 e. The maximum Gasteiger partial charge on any atom is 0.573 e. The Hall–Kier alpha value is -1.12. The Labute approximate surface area is 101 Å². The number of hydrogen-bond donors (Lipinski definition) is 0. The summed E-state index contributed by atoms with van der Waals surface area (Å²) in [4.78, 5) is 3.31. The monoisotopic (exact) mass is 321 g/mol. The standard InChI is InChI=1S/C8H5BrF5NO2/c1-16-7-5(17-8(12,13)14)4(9)3(2-15-7)6(10)11/h2,6H,1H3. The predicted octanol–water partition coefficient (Wildman–Crippen LogP) is 3.69. The number of nitrogens with zero attached hydrogens (tertiary/aromatic N) is 1. The van der Waals surface area contributed by atoms with Crippen LogP contribution >= 0.6 is 15.9 Å². The Bertz CT molecular complexity index is 410. The van der Waals surface area contributed by atoms with E-state index in [2.05, 4.69) is 30.4 Å². The molecule has 0 bridgehead atoms. The molecule has 1 heterocycles. The van der Waals surface area contributed by atoms with E-state index in [1.807, 2.05) is 0 Å². The van der Waals surface area contributed by atoms with Crippen molar-refractivity contribution in [3.05, 3.63) is 16.2 Å². The molecule has 0 saturated heterocycles. The summed E-state index contributed by atoms with van der Waals surface area (Å²) < 4.78 is 68.6. The number of methoxy groups -OCH3 is 1. The first kappa shape index (κ1) is 13.9. The summed E-state index contributed by atoms with van der Waals surface area (Å²) in [6, 6.07) is 0. The summed E-state index contributed by atoms with van der Waals surface area (Å²) in [5.41, 5.74) is -0.718. The van der Waals surface area contributed by atoms with Gasteiger partial charge in [-0.15, -0.1) is 13.2 Å². The predicted molar refractivity (Wildman–Crippen MR) is 50.1 cm³/mol. The fourth-order valence-electron chi connectivity index (χ4n) is 0.970. The van der Waals surface area contributed by atoms with Crippen molar-refractivity contribution in [2.75, 3.05) is 7.11 Å². The molecule has 3 nitrogen and oxygen atoms in total. The molecule has 0 N–H and O–H groups in total. The lowest BCUT2D eigenvalue weighted by atomic mass is 10.3. The molecular formula is C8H5BrF5NO2. The fraction of sp³-hybridized carbons (Fsp3) is 0.375. The first-order valence-corrected chi connectivity index (χ1v) is 4.82. The molecule has 0 saturated carbocycles. The first-order chi connectivity index (χ1) is 7.76. The minimum absolute atomic E-state index is 0.543. The first-order valence-electron chi connectivity index (χ1n) is 4.02. The Morgan fingerprint density at radius 2 is 1.94 bits per heavy atom. The van der Waals surface area contributed by atoms with Crippen LogP contribution in [0, 0.1) is 0 Å². The third kappa shape index (κ3) is 3.42. The van der Waals surface area contributed by atoms with Crippen LogP contribution in [0.1, 0.15) is 12.0 Å². The van der Waals surface area contributed by atoms with Crippen molar-refractivity contribution >= 4 is 15.9 Å². The van der Waals surface area contributed by atoms with Gasteiger partial charge in [0.1, 0.15) is 0 Å². The Kier molecular flexibility index (Phi) is 4.12. The molecule has 0 fully saturated rings. The van der Waals surface area contributed by atoms with Crippen LogP contribution in [-0.4, -0.2) is 18.5 Å². The van der Waals surface area contributed by atoms with Gasteiger partial charge >= 0.3 is 6.36 Å². The number of aromatic nitrogens is 1. The Balaban J connectivity index is 3.28. The van der Waals surface area contributed by atoms with Gasteiger partial charge in [-0.25, -0.2) is 13.8 Å². The van der Waals surface area contributed by atoms with Gasteiger partial charge in [0.05, 0.1) is 17.1 Å². The van der Waals surface area contributed by atoms with E-state index >= 15 is 0 Å². The quantitative estimate of drug-likeness (QED) is 0.796. The summed E-state index contributed by atoms with van der Waals surface area (Å²) in [5.74, 6) is -1.48. The van der Waals surface area contributed by atoms with Crippen LogP contribution < -0.4 is 9.47 Å². The van der Waals surface area contributed by atoms with Gasteiger partial charge in [-0.1, -0.05) is 0 Å². The highest BCUT2D eigenvalue weighted by Gasteiger charge is 2.35. The molecule has 0 aliphatic heterocycles. The summed E-state index contributed by atoms with van der Waals surface area (Å²) in [6.45, 7) is 0. The third-order valence-corrected chi connectivity index (χ3v) is 2.43. The molecule has 96 valence electrons. The Morgan fingerprint density at radius 1 is 1.35 bits per heavy atom. The zero-order valence-corrected chi connectivity index (χ0v) is 9.77. The zero-order valence-electron chi connectivity index (χ0n) is 8.19. The van der Waals surface area contributed by atoms with Gasteiger partial charge in [-0.2, -0.15) is 0 Å². The lowest BCUT2D eigenvalue weighted by Crippen LogP contribution is -2.18. The van der Waals surface area contributed by atoms with Crippen molar-refractivity contribution < 1.29 is 31.4 Å². The SMILES string of the molecule is COc1ncc(C(F)F)c(Br)c1OC(F)(F)F. The molecule has 9 heteroatoms. The molecular weight excluding hydrogens is 317 g/mol. The average Bonchev–Trinajstić information content (AvgIpc) is 2.18. The van der Waals surface area contributed by atoms with Crippen LogP contribution in [0.5, 0.6) is 11.6 Å². The summed E-state index contributed by atoms with van der Waals surface area (Å²) in [5, 5.41) is 0. The van der Waals surface area contributed by atoms with Crippen molar-refractivity contribution in [3.63, 3.8) is 0 Å². The van der Waals surface area contributed by atoms with E-state index in [1.165, 1.54) is 0 Å².